The molecule has 272 valence electrons. The average Bonchev–Trinajstić information content (AvgIpc) is 3.86. The Balaban J connectivity index is 1.04. The number of fused-ring (bicyclic) bond motifs is 11. The summed E-state index contributed by atoms with van der Waals surface area (Å²) < 4.78 is 5.13. The van der Waals surface area contributed by atoms with Crippen LogP contribution in [0.1, 0.15) is 22.7 Å². The van der Waals surface area contributed by atoms with Crippen LogP contribution >= 0.6 is 11.3 Å². The first kappa shape index (κ1) is 32.9. The van der Waals surface area contributed by atoms with Crippen molar-refractivity contribution >= 4 is 86.4 Å². The summed E-state index contributed by atoms with van der Waals surface area (Å²) in [6, 6.07) is 70.3. The Kier molecular flexibility index (Phi) is 7.47. The molecule has 1 aliphatic heterocycles. The second-order valence-corrected chi connectivity index (χ2v) is 16.2. The van der Waals surface area contributed by atoms with E-state index >= 15 is 0 Å². The lowest BCUT2D eigenvalue weighted by Gasteiger charge is -2.24. The maximum Gasteiger partial charge on any atom is 0.134 e. The molecule has 0 spiro atoms. The maximum atomic E-state index is 5.09. The van der Waals surface area contributed by atoms with Crippen molar-refractivity contribution < 1.29 is 0 Å². The second-order valence-electron chi connectivity index (χ2n) is 15.1. The fraction of sp³-hybridized carbons (Fsp3) is 0.0185. The van der Waals surface area contributed by atoms with Gasteiger partial charge in [0.05, 0.1) is 22.8 Å². The number of para-hydroxylation sites is 1. The van der Waals surface area contributed by atoms with E-state index in [4.69, 9.17) is 4.99 Å². The average molecular weight is 758 g/mol. The van der Waals surface area contributed by atoms with E-state index in [0.717, 1.165) is 28.3 Å². The molecule has 4 heteroatoms. The minimum absolute atomic E-state index is 0.0483. The van der Waals surface area contributed by atoms with Gasteiger partial charge < -0.3 is 9.88 Å². The Labute approximate surface area is 339 Å². The number of nitrogens with zero attached hydrogens (tertiary/aromatic N) is 2. The van der Waals surface area contributed by atoms with Crippen LogP contribution in [-0.2, 0) is 0 Å². The molecule has 2 aromatic heterocycles. The second kappa shape index (κ2) is 13.2. The van der Waals surface area contributed by atoms with E-state index < -0.39 is 0 Å². The summed E-state index contributed by atoms with van der Waals surface area (Å²) in [4.78, 5) is 5.09. The van der Waals surface area contributed by atoms with Gasteiger partial charge in [-0.2, -0.15) is 0 Å². The molecular formula is C54H35N3S. The van der Waals surface area contributed by atoms with Gasteiger partial charge in [-0.1, -0.05) is 164 Å². The number of aliphatic imine (C=N–C) groups is 1. The van der Waals surface area contributed by atoms with Crippen LogP contribution < -0.4 is 5.32 Å². The molecule has 1 atom stereocenters. The third kappa shape index (κ3) is 5.16. The van der Waals surface area contributed by atoms with Crippen LogP contribution in [0.4, 0.5) is 0 Å². The molecule has 3 nitrogen and oxygen atoms in total. The summed E-state index contributed by atoms with van der Waals surface area (Å²) >= 11 is 1.92. The number of aromatic nitrogens is 1. The van der Waals surface area contributed by atoms with Crippen molar-refractivity contribution in [2.75, 3.05) is 0 Å². The number of rotatable bonds is 5. The van der Waals surface area contributed by atoms with Gasteiger partial charge in [-0.25, -0.2) is 4.99 Å². The van der Waals surface area contributed by atoms with Crippen molar-refractivity contribution in [1.29, 1.82) is 0 Å². The van der Waals surface area contributed by atoms with Crippen molar-refractivity contribution in [3.05, 3.63) is 217 Å². The van der Waals surface area contributed by atoms with E-state index in [9.17, 15) is 0 Å². The van der Waals surface area contributed by atoms with E-state index in [1.54, 1.807) is 0 Å². The molecule has 1 aliphatic rings. The Hall–Kier alpha value is -7.27. The van der Waals surface area contributed by atoms with E-state index in [0.29, 0.717) is 0 Å². The fourth-order valence-corrected chi connectivity index (χ4v) is 10.4. The van der Waals surface area contributed by atoms with Crippen LogP contribution in [0, 0.1) is 0 Å². The van der Waals surface area contributed by atoms with Gasteiger partial charge in [0.2, 0.25) is 0 Å². The van der Waals surface area contributed by atoms with E-state index in [-0.39, 0.29) is 6.04 Å². The molecule has 0 aliphatic carbocycles. The third-order valence-corrected chi connectivity index (χ3v) is 13.0. The highest BCUT2D eigenvalue weighted by Crippen LogP contribution is 2.49. The summed E-state index contributed by atoms with van der Waals surface area (Å²) in [5, 5.41) is 14.1. The summed E-state index contributed by atoms with van der Waals surface area (Å²) in [7, 11) is 0. The summed E-state index contributed by atoms with van der Waals surface area (Å²) in [5.74, 6) is 0.876. The molecule has 0 bridgehead atoms. The van der Waals surface area contributed by atoms with E-state index in [1.165, 1.54) is 80.2 Å². The lowest BCUT2D eigenvalue weighted by Crippen LogP contribution is -2.31. The Morgan fingerprint density at radius 3 is 1.98 bits per heavy atom. The lowest BCUT2D eigenvalue weighted by molar-refractivity contribution is 0.780. The SMILES string of the molecule is C1=C(c2ccccc2)N=C(c2ccccc2)NC1c1ccc(-n2c3ccccc3c3c4sc5ccc(-c6cccc7ccccc67)cc5c4c4ccccc4c32)cc1. The zero-order chi connectivity index (χ0) is 38.2. The molecule has 3 heterocycles. The minimum Gasteiger partial charge on any atom is -0.359 e. The predicted molar refractivity (Wildman–Crippen MR) is 247 cm³/mol. The normalized spacial score (nSPS) is 14.4. The minimum atomic E-state index is -0.0483. The van der Waals surface area contributed by atoms with Crippen LogP contribution in [0.25, 0.3) is 86.0 Å². The zero-order valence-corrected chi connectivity index (χ0v) is 32.2. The number of hydrogen-bond acceptors (Lipinski definition) is 3. The molecule has 0 radical (unpaired) electrons. The van der Waals surface area contributed by atoms with Gasteiger partial charge in [0, 0.05) is 47.6 Å². The van der Waals surface area contributed by atoms with E-state index in [2.05, 4.69) is 204 Å². The topological polar surface area (TPSA) is 29.3 Å². The smallest absolute Gasteiger partial charge is 0.134 e. The first-order valence-corrected chi connectivity index (χ1v) is 20.6. The molecule has 1 unspecified atom stereocenters. The molecule has 0 saturated heterocycles. The molecule has 9 aromatic carbocycles. The Bertz CT molecular complexity index is 3460. The quantitative estimate of drug-likeness (QED) is 0.186. The van der Waals surface area contributed by atoms with E-state index in [1.807, 2.05) is 17.4 Å². The first-order chi connectivity index (χ1) is 28.8. The number of amidine groups is 1. The van der Waals surface area contributed by atoms with Crippen LogP contribution in [0.15, 0.2) is 205 Å². The molecule has 1 N–H and O–H groups in total. The fourth-order valence-electron chi connectivity index (χ4n) is 9.15. The van der Waals surface area contributed by atoms with Crippen LogP contribution in [-0.4, -0.2) is 10.4 Å². The molecule has 0 amide bonds. The van der Waals surface area contributed by atoms with Crippen molar-refractivity contribution in [2.45, 2.75) is 6.04 Å². The number of hydrogen-bond donors (Lipinski definition) is 1. The van der Waals surface area contributed by atoms with Gasteiger partial charge in [-0.15, -0.1) is 11.3 Å². The Morgan fingerprint density at radius 1 is 0.500 bits per heavy atom. The van der Waals surface area contributed by atoms with Crippen LogP contribution in [0.5, 0.6) is 0 Å². The number of nitrogens with one attached hydrogen (secondary N) is 1. The number of benzene rings is 9. The Morgan fingerprint density at radius 2 is 1.17 bits per heavy atom. The van der Waals surface area contributed by atoms with Gasteiger partial charge in [-0.05, 0) is 74.8 Å². The zero-order valence-electron chi connectivity index (χ0n) is 31.4. The molecule has 58 heavy (non-hydrogen) atoms. The summed E-state index contributed by atoms with van der Waals surface area (Å²) in [5.41, 5.74) is 10.4. The van der Waals surface area contributed by atoms with Crippen molar-refractivity contribution in [2.24, 2.45) is 4.99 Å². The standard InChI is InChI=1S/C54H35N3S/c1-3-15-35(16-4-1)46-33-47(56-54(55-46)37-17-5-2-6-18-37)36-26-29-39(30-27-36)57-48-25-12-11-23-44(48)51-52(57)43-22-10-9-21-42(43)50-45-32-38(28-31-49(45)58-53(50)51)41-24-13-19-34-14-7-8-20-40(34)41/h1-33,47H,(H,55,56). The van der Waals surface area contributed by atoms with Gasteiger partial charge in [-0.3, -0.25) is 0 Å². The highest BCUT2D eigenvalue weighted by atomic mass is 32.1. The monoisotopic (exact) mass is 757 g/mol. The first-order valence-electron chi connectivity index (χ1n) is 19.8. The van der Waals surface area contributed by atoms with Gasteiger partial charge >= 0.3 is 0 Å². The molecular weight excluding hydrogens is 723 g/mol. The van der Waals surface area contributed by atoms with Crippen molar-refractivity contribution in [1.82, 2.24) is 9.88 Å². The van der Waals surface area contributed by atoms with Crippen LogP contribution in [0.2, 0.25) is 0 Å². The molecule has 0 fully saturated rings. The number of thiophene rings is 1. The van der Waals surface area contributed by atoms with Crippen molar-refractivity contribution in [3.63, 3.8) is 0 Å². The molecule has 0 saturated carbocycles. The highest BCUT2D eigenvalue weighted by molar-refractivity contribution is 7.27. The summed E-state index contributed by atoms with van der Waals surface area (Å²) in [6.45, 7) is 0. The third-order valence-electron chi connectivity index (χ3n) is 11.8. The maximum absolute atomic E-state index is 5.09. The lowest BCUT2D eigenvalue weighted by atomic mass is 9.95. The van der Waals surface area contributed by atoms with Gasteiger partial charge in [0.25, 0.3) is 0 Å². The molecule has 11 aromatic rings. The van der Waals surface area contributed by atoms with Crippen LogP contribution in [0.3, 0.4) is 0 Å². The van der Waals surface area contributed by atoms with Gasteiger partial charge in [0.1, 0.15) is 5.84 Å². The highest BCUT2D eigenvalue weighted by Gasteiger charge is 2.23. The molecule has 12 rings (SSSR count). The van der Waals surface area contributed by atoms with Gasteiger partial charge in [0.15, 0.2) is 0 Å². The largest absolute Gasteiger partial charge is 0.359 e. The summed E-state index contributed by atoms with van der Waals surface area (Å²) in [6.07, 6.45) is 2.24. The van der Waals surface area contributed by atoms with Crippen molar-refractivity contribution in [3.8, 4) is 16.8 Å². The predicted octanol–water partition coefficient (Wildman–Crippen LogP) is 14.3.